The molecule has 0 bridgehead atoms. The Morgan fingerprint density at radius 2 is 1.76 bits per heavy atom. The Balaban J connectivity index is 2.27. The molecule has 13 heteroatoms. The highest BCUT2D eigenvalue weighted by Gasteiger charge is 2.44. The normalized spacial score (nSPS) is 15.6. The molecule has 1 unspecified atom stereocenters. The van der Waals surface area contributed by atoms with Crippen molar-refractivity contribution in [2.45, 2.75) is 19.1 Å². The molecule has 0 aromatic heterocycles. The molecule has 0 aliphatic carbocycles. The van der Waals surface area contributed by atoms with Gasteiger partial charge in [-0.25, -0.2) is 9.59 Å². The van der Waals surface area contributed by atoms with E-state index in [2.05, 4.69) is 10.1 Å². The summed E-state index contributed by atoms with van der Waals surface area (Å²) in [5, 5.41) is 20.3. The largest absolute Gasteiger partial charge is 0.468 e. The van der Waals surface area contributed by atoms with Crippen LogP contribution in [-0.2, 0) is 25.2 Å². The first kappa shape index (κ1) is 27.7. The van der Waals surface area contributed by atoms with E-state index in [0.717, 1.165) is 42.2 Å². The number of nitriles is 1. The highest BCUT2D eigenvalue weighted by Crippen LogP contribution is 2.41. The third-order valence-corrected chi connectivity index (χ3v) is 5.72. The zero-order valence-electron chi connectivity index (χ0n) is 20.4. The van der Waals surface area contributed by atoms with Gasteiger partial charge in [0.1, 0.15) is 12.6 Å². The quantitative estimate of drug-likeness (QED) is 0.564. The van der Waals surface area contributed by atoms with Gasteiger partial charge >= 0.3 is 24.1 Å². The Morgan fingerprint density at radius 3 is 2.32 bits per heavy atom. The van der Waals surface area contributed by atoms with Gasteiger partial charge in [-0.15, -0.1) is 0 Å². The highest BCUT2D eigenvalue weighted by atomic mass is 19.4. The van der Waals surface area contributed by atoms with Crippen LogP contribution >= 0.6 is 0 Å². The predicted molar refractivity (Wildman–Crippen MR) is 128 cm³/mol. The van der Waals surface area contributed by atoms with Gasteiger partial charge in [-0.2, -0.15) is 18.4 Å². The second kappa shape index (κ2) is 11.0. The maximum Gasteiger partial charge on any atom is 0.416 e. The molecule has 0 fully saturated rings. The van der Waals surface area contributed by atoms with Crippen LogP contribution in [0, 0.1) is 16.7 Å². The molecule has 0 radical (unpaired) electrons. The first-order valence-electron chi connectivity index (χ1n) is 10.9. The molecule has 198 valence electrons. The van der Waals surface area contributed by atoms with E-state index < -0.39 is 48.3 Å². The number of hydrogen-bond donors (Lipinski definition) is 2. The van der Waals surface area contributed by atoms with Crippen molar-refractivity contribution >= 4 is 29.6 Å². The third-order valence-electron chi connectivity index (χ3n) is 5.72. The number of allylic oxidation sites excluding steroid dienone is 1. The monoisotopic (exact) mass is 529 g/mol. The Kier molecular flexibility index (Phi) is 8.05. The minimum Gasteiger partial charge on any atom is -0.468 e. The lowest BCUT2D eigenvalue weighted by molar-refractivity contribution is -0.139. The number of nitrogens with zero attached hydrogens (tertiary/aromatic N) is 3. The molecule has 1 aliphatic rings. The maximum absolute atomic E-state index is 13.4. The van der Waals surface area contributed by atoms with E-state index in [1.54, 1.807) is 0 Å². The fourth-order valence-electron chi connectivity index (χ4n) is 3.92. The molecular formula is C25H22F3N5O5. The second-order valence-electron chi connectivity index (χ2n) is 7.94. The van der Waals surface area contributed by atoms with Crippen LogP contribution in [0.2, 0.25) is 0 Å². The number of anilines is 1. The molecule has 0 spiro atoms. The van der Waals surface area contributed by atoms with E-state index in [0.29, 0.717) is 5.56 Å². The van der Waals surface area contributed by atoms with Gasteiger partial charge < -0.3 is 14.8 Å². The van der Waals surface area contributed by atoms with Gasteiger partial charge in [0, 0.05) is 11.4 Å². The van der Waals surface area contributed by atoms with Crippen LogP contribution < -0.4 is 10.2 Å². The smallest absolute Gasteiger partial charge is 0.416 e. The van der Waals surface area contributed by atoms with Crippen molar-refractivity contribution in [1.29, 1.82) is 10.7 Å². The average molecular weight is 529 g/mol. The van der Waals surface area contributed by atoms with E-state index in [-0.39, 0.29) is 22.5 Å². The van der Waals surface area contributed by atoms with Crippen molar-refractivity contribution in [3.63, 3.8) is 0 Å². The van der Waals surface area contributed by atoms with Gasteiger partial charge in [-0.05, 0) is 42.8 Å². The molecule has 0 saturated heterocycles. The molecular weight excluding hydrogens is 507 g/mol. The lowest BCUT2D eigenvalue weighted by Crippen LogP contribution is -2.56. The minimum atomic E-state index is -4.70. The fraction of sp³-hybridized carbons (Fsp3) is 0.240. The van der Waals surface area contributed by atoms with Crippen LogP contribution in [0.3, 0.4) is 0 Å². The molecule has 3 rings (SSSR count). The molecule has 1 aliphatic heterocycles. The number of carbonyl (C=O) groups excluding carboxylic acids is 3. The number of carbonyl (C=O) groups is 3. The minimum absolute atomic E-state index is 0.0348. The number of benzene rings is 2. The Morgan fingerprint density at radius 1 is 1.11 bits per heavy atom. The first-order chi connectivity index (χ1) is 17.9. The summed E-state index contributed by atoms with van der Waals surface area (Å²) in [7, 11) is 2.20. The van der Waals surface area contributed by atoms with Crippen molar-refractivity contribution < 1.29 is 37.0 Å². The van der Waals surface area contributed by atoms with Crippen molar-refractivity contribution in [3.8, 4) is 6.07 Å². The third kappa shape index (κ3) is 5.44. The number of esters is 2. The van der Waals surface area contributed by atoms with Gasteiger partial charge in [0.05, 0.1) is 37.0 Å². The summed E-state index contributed by atoms with van der Waals surface area (Å²) in [6, 6.07) is 9.49. The molecule has 2 aromatic carbocycles. The van der Waals surface area contributed by atoms with Crippen LogP contribution in [0.5, 0.6) is 0 Å². The number of hydrogen-bond acceptors (Lipinski definition) is 7. The Bertz CT molecular complexity index is 1350. The number of alkyl halides is 3. The molecule has 38 heavy (non-hydrogen) atoms. The summed E-state index contributed by atoms with van der Waals surface area (Å²) in [4.78, 5) is 39.8. The van der Waals surface area contributed by atoms with Crippen molar-refractivity contribution in [3.05, 3.63) is 76.5 Å². The summed E-state index contributed by atoms with van der Waals surface area (Å²) in [6.45, 7) is 0.820. The standard InChI is InChI=1S/C25H22F3N5O5/c1-14-20(22(35)38-3)21(16-9-7-15(12-29)8-10-16)33(24(36)31-13-19(34)37-2)23(30)32(14)18-6-4-5-17(11-18)25(26,27)28/h4-11,21,30H,13H2,1-3H3,(H,31,36). The van der Waals surface area contributed by atoms with Crippen LogP contribution in [-0.4, -0.2) is 49.6 Å². The SMILES string of the molecule is COC(=O)CNC(=O)N1C(=N)N(c2cccc(C(F)(F)F)c2)C(C)=C(C(=O)OC)C1c1ccc(C#N)cc1. The van der Waals surface area contributed by atoms with Gasteiger partial charge in [-0.3, -0.25) is 20.0 Å². The first-order valence-corrected chi connectivity index (χ1v) is 10.9. The lowest BCUT2D eigenvalue weighted by Gasteiger charge is -2.43. The van der Waals surface area contributed by atoms with Crippen molar-refractivity contribution in [2.75, 3.05) is 25.7 Å². The molecule has 1 heterocycles. The van der Waals surface area contributed by atoms with E-state index in [1.165, 1.54) is 37.3 Å². The fourth-order valence-corrected chi connectivity index (χ4v) is 3.92. The molecule has 2 aromatic rings. The predicted octanol–water partition coefficient (Wildman–Crippen LogP) is 3.70. The van der Waals surface area contributed by atoms with Gasteiger partial charge in [0.25, 0.3) is 0 Å². The van der Waals surface area contributed by atoms with Crippen molar-refractivity contribution in [1.82, 2.24) is 10.2 Å². The molecule has 0 saturated carbocycles. The van der Waals surface area contributed by atoms with E-state index >= 15 is 0 Å². The van der Waals surface area contributed by atoms with E-state index in [4.69, 9.17) is 15.4 Å². The number of halogens is 3. The zero-order chi connectivity index (χ0) is 28.2. The van der Waals surface area contributed by atoms with Gasteiger partial charge in [-0.1, -0.05) is 18.2 Å². The summed E-state index contributed by atoms with van der Waals surface area (Å²) in [6.07, 6.45) is -4.70. The molecule has 1 atom stereocenters. The van der Waals surface area contributed by atoms with Gasteiger partial charge in [0.15, 0.2) is 0 Å². The Labute approximate surface area is 215 Å². The molecule has 10 nitrogen and oxygen atoms in total. The molecule has 2 N–H and O–H groups in total. The van der Waals surface area contributed by atoms with Gasteiger partial charge in [0.2, 0.25) is 5.96 Å². The highest BCUT2D eigenvalue weighted by molar-refractivity contribution is 6.10. The number of amides is 2. The maximum atomic E-state index is 13.4. The second-order valence-corrected chi connectivity index (χ2v) is 7.94. The van der Waals surface area contributed by atoms with Crippen LogP contribution in [0.1, 0.15) is 29.7 Å². The number of ether oxygens (including phenoxy) is 2. The average Bonchev–Trinajstić information content (AvgIpc) is 2.90. The summed E-state index contributed by atoms with van der Waals surface area (Å²) in [5.41, 5.74) is -0.692. The lowest BCUT2D eigenvalue weighted by atomic mass is 9.92. The molecule has 2 amide bonds. The number of methoxy groups -OCH3 is 2. The number of nitrogens with one attached hydrogen (secondary N) is 2. The summed E-state index contributed by atoms with van der Waals surface area (Å²) < 4.78 is 49.8. The summed E-state index contributed by atoms with van der Waals surface area (Å²) in [5.74, 6) is -2.32. The topological polar surface area (TPSA) is 136 Å². The van der Waals surface area contributed by atoms with E-state index in [1.807, 2.05) is 6.07 Å². The van der Waals surface area contributed by atoms with Crippen LogP contribution in [0.4, 0.5) is 23.7 Å². The summed E-state index contributed by atoms with van der Waals surface area (Å²) >= 11 is 0. The number of guanidine groups is 1. The van der Waals surface area contributed by atoms with E-state index in [9.17, 15) is 27.6 Å². The zero-order valence-corrected chi connectivity index (χ0v) is 20.4. The van der Waals surface area contributed by atoms with Crippen LogP contribution in [0.15, 0.2) is 59.8 Å². The number of urea groups is 1. The Hall–Kier alpha value is -4.86. The van der Waals surface area contributed by atoms with Crippen LogP contribution in [0.25, 0.3) is 0 Å². The van der Waals surface area contributed by atoms with Crippen molar-refractivity contribution in [2.24, 2.45) is 0 Å². The number of rotatable bonds is 5.